The molecule has 0 atom stereocenters. The first-order chi connectivity index (χ1) is 5.30. The molecule has 0 aromatic rings. The fourth-order valence-electron chi connectivity index (χ4n) is 1.89. The maximum absolute atomic E-state index is 2.41. The summed E-state index contributed by atoms with van der Waals surface area (Å²) in [5.74, 6) is 0. The molecule has 0 aliphatic heterocycles. The monoisotopic (exact) mass is 173 g/mol. The van der Waals surface area contributed by atoms with E-state index in [9.17, 15) is 0 Å². The lowest BCUT2D eigenvalue weighted by atomic mass is 10.0. The minimum absolute atomic E-state index is 0.679. The van der Waals surface area contributed by atoms with Crippen molar-refractivity contribution in [3.8, 4) is 0 Å². The van der Waals surface area contributed by atoms with Gasteiger partial charge in [0.15, 0.2) is 0 Å². The van der Waals surface area contributed by atoms with Gasteiger partial charge in [-0.3, -0.25) is 0 Å². The highest BCUT2D eigenvalue weighted by Crippen LogP contribution is 2.21. The lowest BCUT2D eigenvalue weighted by Crippen LogP contribution is -2.19. The van der Waals surface area contributed by atoms with Gasteiger partial charge in [0.2, 0.25) is 0 Å². The molecule has 1 aliphatic carbocycles. The van der Waals surface area contributed by atoms with E-state index in [1.54, 1.807) is 0 Å². The molecule has 0 radical (unpaired) electrons. The average molecular weight is 173 g/mol. The highest BCUT2D eigenvalue weighted by Gasteiger charge is 2.21. The third-order valence-corrected chi connectivity index (χ3v) is 4.52. The van der Waals surface area contributed by atoms with Crippen LogP contribution in [-0.4, -0.2) is 17.8 Å². The maximum atomic E-state index is 2.41. The zero-order chi connectivity index (χ0) is 8.10. The van der Waals surface area contributed by atoms with Crippen LogP contribution in [-0.2, 0) is 10.9 Å². The standard InChI is InChI=1S/C10H21S/c1-11(2)10-8-6-4-3-5-7-9-10/h10H,3-9H2,1-2H3/q+1. The lowest BCUT2D eigenvalue weighted by molar-refractivity contribution is 0.511. The van der Waals surface area contributed by atoms with Crippen molar-refractivity contribution in [2.75, 3.05) is 12.5 Å². The second-order valence-electron chi connectivity index (χ2n) is 3.85. The van der Waals surface area contributed by atoms with E-state index in [1.807, 2.05) is 0 Å². The summed E-state index contributed by atoms with van der Waals surface area (Å²) in [4.78, 5) is 0. The molecule has 1 aliphatic rings. The number of rotatable bonds is 1. The van der Waals surface area contributed by atoms with Gasteiger partial charge in [-0.1, -0.05) is 19.3 Å². The molecule has 0 spiro atoms. The highest BCUT2D eigenvalue weighted by atomic mass is 32.2. The van der Waals surface area contributed by atoms with E-state index >= 15 is 0 Å². The summed E-state index contributed by atoms with van der Waals surface area (Å²) in [6.45, 7) is 0. The maximum Gasteiger partial charge on any atom is 0.117 e. The van der Waals surface area contributed by atoms with Crippen LogP contribution in [0.4, 0.5) is 0 Å². The second-order valence-corrected chi connectivity index (χ2v) is 6.27. The van der Waals surface area contributed by atoms with Gasteiger partial charge in [-0.05, 0) is 36.6 Å². The Kier molecular flexibility index (Phi) is 4.36. The van der Waals surface area contributed by atoms with Crippen LogP contribution in [0.3, 0.4) is 0 Å². The van der Waals surface area contributed by atoms with Crippen molar-refractivity contribution in [3.63, 3.8) is 0 Å². The normalized spacial score (nSPS) is 23.2. The molecule has 0 heterocycles. The molecule has 0 nitrogen and oxygen atoms in total. The molecule has 1 fully saturated rings. The van der Waals surface area contributed by atoms with Crippen molar-refractivity contribution in [3.05, 3.63) is 0 Å². The SMILES string of the molecule is C[S+](C)C1CCCCCCC1. The van der Waals surface area contributed by atoms with E-state index in [2.05, 4.69) is 12.5 Å². The van der Waals surface area contributed by atoms with Gasteiger partial charge in [-0.2, -0.15) is 0 Å². The number of hydrogen-bond donors (Lipinski definition) is 0. The van der Waals surface area contributed by atoms with Crippen LogP contribution in [0.1, 0.15) is 44.9 Å². The van der Waals surface area contributed by atoms with E-state index < -0.39 is 0 Å². The lowest BCUT2D eigenvalue weighted by Gasteiger charge is -2.16. The smallest absolute Gasteiger partial charge is 0.0533 e. The molecule has 1 rings (SSSR count). The summed E-state index contributed by atoms with van der Waals surface area (Å²) < 4.78 is 0. The van der Waals surface area contributed by atoms with Crippen LogP contribution in [0, 0.1) is 0 Å². The van der Waals surface area contributed by atoms with Gasteiger partial charge in [-0.25, -0.2) is 0 Å². The molecule has 0 aromatic heterocycles. The quantitative estimate of drug-likeness (QED) is 0.535. The van der Waals surface area contributed by atoms with Crippen LogP contribution in [0.15, 0.2) is 0 Å². The van der Waals surface area contributed by atoms with Crippen molar-refractivity contribution in [2.45, 2.75) is 50.2 Å². The summed E-state index contributed by atoms with van der Waals surface area (Å²) in [6.07, 6.45) is 15.3. The zero-order valence-corrected chi connectivity index (χ0v) is 8.75. The van der Waals surface area contributed by atoms with E-state index in [0.29, 0.717) is 10.9 Å². The van der Waals surface area contributed by atoms with Crippen LogP contribution >= 0.6 is 0 Å². The van der Waals surface area contributed by atoms with Gasteiger partial charge in [0.05, 0.1) is 12.5 Å². The Bertz CT molecular complexity index is 91.0. The Morgan fingerprint density at radius 2 is 1.27 bits per heavy atom. The molecule has 0 saturated heterocycles. The Morgan fingerprint density at radius 3 is 1.73 bits per heavy atom. The van der Waals surface area contributed by atoms with Crippen LogP contribution in [0.25, 0.3) is 0 Å². The van der Waals surface area contributed by atoms with Crippen LogP contribution < -0.4 is 0 Å². The third-order valence-electron chi connectivity index (χ3n) is 2.72. The Morgan fingerprint density at radius 1 is 0.818 bits per heavy atom. The molecule has 0 bridgehead atoms. The van der Waals surface area contributed by atoms with Gasteiger partial charge < -0.3 is 0 Å². The summed E-state index contributed by atoms with van der Waals surface area (Å²) in [5, 5.41) is 1.07. The first kappa shape index (κ1) is 9.44. The van der Waals surface area contributed by atoms with Crippen molar-refractivity contribution in [1.29, 1.82) is 0 Å². The first-order valence-electron chi connectivity index (χ1n) is 4.87. The fraction of sp³-hybridized carbons (Fsp3) is 1.00. The molecule has 11 heavy (non-hydrogen) atoms. The van der Waals surface area contributed by atoms with Gasteiger partial charge in [-0.15, -0.1) is 0 Å². The molecule has 66 valence electrons. The van der Waals surface area contributed by atoms with Crippen LogP contribution in [0.5, 0.6) is 0 Å². The molecule has 0 aromatic carbocycles. The van der Waals surface area contributed by atoms with Crippen molar-refractivity contribution < 1.29 is 0 Å². The Hall–Kier alpha value is 0.350. The van der Waals surface area contributed by atoms with Crippen LogP contribution in [0.2, 0.25) is 0 Å². The third kappa shape index (κ3) is 3.50. The molecule has 0 unspecified atom stereocenters. The van der Waals surface area contributed by atoms with Crippen molar-refractivity contribution in [1.82, 2.24) is 0 Å². The molecule has 0 amide bonds. The van der Waals surface area contributed by atoms with E-state index in [1.165, 1.54) is 44.9 Å². The molecular formula is C10H21S+. The zero-order valence-electron chi connectivity index (χ0n) is 7.94. The fourth-order valence-corrected chi connectivity index (χ4v) is 3.17. The van der Waals surface area contributed by atoms with Crippen molar-refractivity contribution >= 4 is 10.9 Å². The minimum atomic E-state index is 0.679. The van der Waals surface area contributed by atoms with Crippen molar-refractivity contribution in [2.24, 2.45) is 0 Å². The second kappa shape index (κ2) is 5.08. The van der Waals surface area contributed by atoms with E-state index in [-0.39, 0.29) is 0 Å². The minimum Gasteiger partial charge on any atom is -0.0533 e. The molecular weight excluding hydrogens is 152 g/mol. The summed E-state index contributed by atoms with van der Waals surface area (Å²) in [6, 6.07) is 0. The predicted octanol–water partition coefficient (Wildman–Crippen LogP) is 2.98. The summed E-state index contributed by atoms with van der Waals surface area (Å²) in [7, 11) is 0.679. The van der Waals surface area contributed by atoms with Gasteiger partial charge in [0.1, 0.15) is 5.25 Å². The Labute approximate surface area is 74.1 Å². The largest absolute Gasteiger partial charge is 0.117 e. The van der Waals surface area contributed by atoms with Gasteiger partial charge >= 0.3 is 0 Å². The summed E-state index contributed by atoms with van der Waals surface area (Å²) in [5.41, 5.74) is 0. The predicted molar refractivity (Wildman–Crippen MR) is 55.3 cm³/mol. The average Bonchev–Trinajstić information content (AvgIpc) is 1.84. The van der Waals surface area contributed by atoms with E-state index in [4.69, 9.17) is 0 Å². The highest BCUT2D eigenvalue weighted by molar-refractivity contribution is 7.96. The number of hydrogen-bond acceptors (Lipinski definition) is 0. The molecule has 1 saturated carbocycles. The Balaban J connectivity index is 2.26. The first-order valence-corrected chi connectivity index (χ1v) is 6.97. The molecule has 0 N–H and O–H groups in total. The van der Waals surface area contributed by atoms with Gasteiger partial charge in [0.25, 0.3) is 0 Å². The van der Waals surface area contributed by atoms with E-state index in [0.717, 1.165) is 5.25 Å². The topological polar surface area (TPSA) is 0 Å². The summed E-state index contributed by atoms with van der Waals surface area (Å²) >= 11 is 0. The molecule has 1 heteroatoms. The van der Waals surface area contributed by atoms with Gasteiger partial charge in [0, 0.05) is 0 Å².